The normalized spacial score (nSPS) is 21.6. The van der Waals surface area contributed by atoms with Crippen molar-refractivity contribution < 1.29 is 4.79 Å². The number of carbonyl (C=O) groups excluding carboxylic acids is 1. The summed E-state index contributed by atoms with van der Waals surface area (Å²) < 4.78 is 0. The quantitative estimate of drug-likeness (QED) is 0.914. The number of piperidine rings is 1. The Morgan fingerprint density at radius 1 is 1.16 bits per heavy atom. The molecular formula is C19H27N5O. The topological polar surface area (TPSA) is 81.9 Å². The van der Waals surface area contributed by atoms with Crippen molar-refractivity contribution in [1.82, 2.24) is 15.5 Å². The van der Waals surface area contributed by atoms with E-state index in [0.717, 1.165) is 43.5 Å². The molecule has 2 aliphatic rings. The van der Waals surface area contributed by atoms with Crippen LogP contribution >= 0.6 is 0 Å². The highest BCUT2D eigenvalue weighted by Crippen LogP contribution is 2.27. The molecule has 0 aromatic carbocycles. The third-order valence-corrected chi connectivity index (χ3v) is 5.59. The minimum Gasteiger partial charge on any atom is -0.353 e. The summed E-state index contributed by atoms with van der Waals surface area (Å²) in [5.41, 5.74) is 2.24. The van der Waals surface area contributed by atoms with Gasteiger partial charge in [0.05, 0.1) is 11.6 Å². The monoisotopic (exact) mass is 341 g/mol. The zero-order chi connectivity index (χ0) is 17.8. The van der Waals surface area contributed by atoms with Crippen LogP contribution < -0.4 is 10.2 Å². The van der Waals surface area contributed by atoms with Gasteiger partial charge in [-0.3, -0.25) is 4.79 Å². The van der Waals surface area contributed by atoms with Crippen LogP contribution in [0.2, 0.25) is 0 Å². The summed E-state index contributed by atoms with van der Waals surface area (Å²) in [6.45, 7) is 5.20. The molecule has 0 bridgehead atoms. The first kappa shape index (κ1) is 17.7. The Bertz CT molecular complexity index is 675. The van der Waals surface area contributed by atoms with Gasteiger partial charge in [0, 0.05) is 19.1 Å². The van der Waals surface area contributed by atoms with Crippen LogP contribution in [0.15, 0.2) is 0 Å². The highest BCUT2D eigenvalue weighted by molar-refractivity contribution is 5.80. The fraction of sp³-hybridized carbons (Fsp3) is 0.684. The zero-order valence-corrected chi connectivity index (χ0v) is 15.2. The zero-order valence-electron chi connectivity index (χ0n) is 15.2. The van der Waals surface area contributed by atoms with Crippen LogP contribution in [0.25, 0.3) is 0 Å². The molecule has 3 rings (SSSR count). The van der Waals surface area contributed by atoms with E-state index in [4.69, 9.17) is 0 Å². The Balaban J connectivity index is 1.70. The molecular weight excluding hydrogens is 314 g/mol. The molecule has 1 atom stereocenters. The molecule has 2 fully saturated rings. The fourth-order valence-corrected chi connectivity index (χ4v) is 3.90. The lowest BCUT2D eigenvalue weighted by Gasteiger charge is -2.34. The van der Waals surface area contributed by atoms with Crippen LogP contribution in [0.1, 0.15) is 61.8 Å². The summed E-state index contributed by atoms with van der Waals surface area (Å²) in [7, 11) is 0. The van der Waals surface area contributed by atoms with Crippen molar-refractivity contribution in [3.63, 3.8) is 0 Å². The average Bonchev–Trinajstić information content (AvgIpc) is 2.64. The van der Waals surface area contributed by atoms with Gasteiger partial charge in [-0.05, 0) is 45.1 Å². The van der Waals surface area contributed by atoms with Gasteiger partial charge in [-0.15, -0.1) is 5.10 Å². The second kappa shape index (κ2) is 7.81. The first-order valence-electron chi connectivity index (χ1n) is 9.39. The smallest absolute Gasteiger partial charge is 0.225 e. The lowest BCUT2D eigenvalue weighted by atomic mass is 9.93. The molecule has 1 saturated heterocycles. The van der Waals surface area contributed by atoms with Crippen molar-refractivity contribution in [3.05, 3.63) is 16.8 Å². The number of hydrogen-bond acceptors (Lipinski definition) is 5. The lowest BCUT2D eigenvalue weighted by Crippen LogP contribution is -2.46. The fourth-order valence-electron chi connectivity index (χ4n) is 3.90. The number of nitrogens with one attached hydrogen (secondary N) is 1. The van der Waals surface area contributed by atoms with Crippen molar-refractivity contribution in [2.45, 2.75) is 64.8 Å². The highest BCUT2D eigenvalue weighted by Gasteiger charge is 2.30. The Hall–Kier alpha value is -2.16. The van der Waals surface area contributed by atoms with Crippen molar-refractivity contribution in [2.75, 3.05) is 18.0 Å². The van der Waals surface area contributed by atoms with Gasteiger partial charge in [-0.25, -0.2) is 0 Å². The van der Waals surface area contributed by atoms with E-state index in [1.807, 2.05) is 13.8 Å². The van der Waals surface area contributed by atoms with Crippen LogP contribution in [0.3, 0.4) is 0 Å². The predicted octanol–water partition coefficient (Wildman–Crippen LogP) is 2.63. The second-order valence-electron chi connectivity index (χ2n) is 7.35. The Morgan fingerprint density at radius 3 is 2.64 bits per heavy atom. The Morgan fingerprint density at radius 2 is 1.92 bits per heavy atom. The van der Waals surface area contributed by atoms with Gasteiger partial charge < -0.3 is 10.2 Å². The van der Waals surface area contributed by atoms with Crippen LogP contribution in [-0.4, -0.2) is 35.2 Å². The van der Waals surface area contributed by atoms with Crippen molar-refractivity contribution >= 4 is 11.7 Å². The van der Waals surface area contributed by atoms with E-state index < -0.39 is 0 Å². The largest absolute Gasteiger partial charge is 0.353 e. The molecule has 1 unspecified atom stereocenters. The maximum atomic E-state index is 12.7. The van der Waals surface area contributed by atoms with E-state index in [1.54, 1.807) is 0 Å². The van der Waals surface area contributed by atoms with E-state index >= 15 is 0 Å². The molecule has 1 aromatic heterocycles. The number of anilines is 1. The second-order valence-corrected chi connectivity index (χ2v) is 7.35. The van der Waals surface area contributed by atoms with Gasteiger partial charge in [0.25, 0.3) is 0 Å². The Kier molecular flexibility index (Phi) is 5.52. The van der Waals surface area contributed by atoms with Crippen LogP contribution in [0.4, 0.5) is 5.82 Å². The highest BCUT2D eigenvalue weighted by atomic mass is 16.2. The molecule has 6 heteroatoms. The number of rotatable bonds is 3. The number of nitriles is 1. The van der Waals surface area contributed by atoms with Gasteiger partial charge in [0.1, 0.15) is 11.6 Å². The molecule has 134 valence electrons. The van der Waals surface area contributed by atoms with E-state index in [-0.39, 0.29) is 11.8 Å². The maximum absolute atomic E-state index is 12.7. The first-order chi connectivity index (χ1) is 12.1. The minimum atomic E-state index is -0.0365. The summed E-state index contributed by atoms with van der Waals surface area (Å²) in [5.74, 6) is 0.748. The van der Waals surface area contributed by atoms with Gasteiger partial charge in [-0.2, -0.15) is 10.4 Å². The maximum Gasteiger partial charge on any atom is 0.225 e. The molecule has 1 aromatic rings. The summed E-state index contributed by atoms with van der Waals surface area (Å²) >= 11 is 0. The molecule has 1 aliphatic heterocycles. The summed E-state index contributed by atoms with van der Waals surface area (Å²) in [6.07, 6.45) is 7.74. The SMILES string of the molecule is Cc1nnc(N2CCCC(C(=O)NC3CCCCC3)C2)c(C#N)c1C. The van der Waals surface area contributed by atoms with Gasteiger partial charge >= 0.3 is 0 Å². The Labute approximate surface area is 149 Å². The van der Waals surface area contributed by atoms with Crippen LogP contribution in [0.5, 0.6) is 0 Å². The van der Waals surface area contributed by atoms with E-state index in [2.05, 4.69) is 26.5 Å². The van der Waals surface area contributed by atoms with E-state index in [9.17, 15) is 10.1 Å². The molecule has 0 spiro atoms. The number of nitrogens with zero attached hydrogens (tertiary/aromatic N) is 4. The molecule has 2 heterocycles. The average molecular weight is 341 g/mol. The van der Waals surface area contributed by atoms with Crippen molar-refractivity contribution in [3.8, 4) is 6.07 Å². The van der Waals surface area contributed by atoms with Crippen molar-refractivity contribution in [2.24, 2.45) is 5.92 Å². The molecule has 1 aliphatic carbocycles. The predicted molar refractivity (Wildman–Crippen MR) is 96.2 cm³/mol. The van der Waals surface area contributed by atoms with Crippen LogP contribution in [-0.2, 0) is 4.79 Å². The van der Waals surface area contributed by atoms with Gasteiger partial charge in [0.15, 0.2) is 5.82 Å². The molecule has 0 radical (unpaired) electrons. The standard InChI is InChI=1S/C19H27N5O/c1-13-14(2)22-23-18(17(13)11-20)24-10-6-7-15(12-24)19(25)21-16-8-4-3-5-9-16/h15-16H,3-10,12H2,1-2H3,(H,21,25). The molecule has 1 saturated carbocycles. The molecule has 1 amide bonds. The molecule has 6 nitrogen and oxygen atoms in total. The number of amides is 1. The summed E-state index contributed by atoms with van der Waals surface area (Å²) in [5, 5.41) is 21.2. The number of aromatic nitrogens is 2. The van der Waals surface area contributed by atoms with E-state index in [0.29, 0.717) is 24.0 Å². The molecule has 1 N–H and O–H groups in total. The number of hydrogen-bond donors (Lipinski definition) is 1. The number of aryl methyl sites for hydroxylation is 1. The molecule has 25 heavy (non-hydrogen) atoms. The van der Waals surface area contributed by atoms with Gasteiger partial charge in [0.2, 0.25) is 5.91 Å². The first-order valence-corrected chi connectivity index (χ1v) is 9.39. The summed E-state index contributed by atoms with van der Waals surface area (Å²) in [4.78, 5) is 14.7. The minimum absolute atomic E-state index is 0.0365. The summed E-state index contributed by atoms with van der Waals surface area (Å²) in [6, 6.07) is 2.61. The van der Waals surface area contributed by atoms with E-state index in [1.165, 1.54) is 19.3 Å². The third-order valence-electron chi connectivity index (χ3n) is 5.59. The lowest BCUT2D eigenvalue weighted by molar-refractivity contribution is -0.126. The van der Waals surface area contributed by atoms with Gasteiger partial charge in [-0.1, -0.05) is 19.3 Å². The number of carbonyl (C=O) groups is 1. The third kappa shape index (κ3) is 3.92. The van der Waals surface area contributed by atoms with Crippen molar-refractivity contribution in [1.29, 1.82) is 5.26 Å². The van der Waals surface area contributed by atoms with Crippen LogP contribution in [0, 0.1) is 31.1 Å².